The van der Waals surface area contributed by atoms with Gasteiger partial charge in [0.2, 0.25) is 0 Å². The average molecular weight is 336 g/mol. The molecule has 0 fully saturated rings. The van der Waals surface area contributed by atoms with Crippen molar-refractivity contribution in [2.45, 2.75) is 19.9 Å². The third-order valence-corrected chi connectivity index (χ3v) is 4.17. The molecule has 6 nitrogen and oxygen atoms in total. The summed E-state index contributed by atoms with van der Waals surface area (Å²) in [7, 11) is 1.71. The number of aromatic amines is 1. The molecule has 0 saturated heterocycles. The number of H-pyrrole nitrogens is 1. The van der Waals surface area contributed by atoms with Crippen LogP contribution in [0, 0.1) is 6.92 Å². The van der Waals surface area contributed by atoms with E-state index >= 15 is 0 Å². The van der Waals surface area contributed by atoms with Gasteiger partial charge in [0.1, 0.15) is 5.69 Å². The Morgan fingerprint density at radius 3 is 2.72 bits per heavy atom. The fourth-order valence-electron chi connectivity index (χ4n) is 2.56. The SMILES string of the molecule is Cc1ccc(CNC(=O)c2cc(Cc3ccccc3)[nH]n2)c(=O)n1C. The second-order valence-electron chi connectivity index (χ2n) is 5.99. The summed E-state index contributed by atoms with van der Waals surface area (Å²) in [5.74, 6) is -0.307. The van der Waals surface area contributed by atoms with E-state index < -0.39 is 0 Å². The first-order chi connectivity index (χ1) is 12.0. The summed E-state index contributed by atoms with van der Waals surface area (Å²) in [6, 6.07) is 15.3. The van der Waals surface area contributed by atoms with Gasteiger partial charge < -0.3 is 9.88 Å². The molecule has 0 spiro atoms. The van der Waals surface area contributed by atoms with Gasteiger partial charge in [-0.15, -0.1) is 0 Å². The summed E-state index contributed by atoms with van der Waals surface area (Å²) in [6.45, 7) is 2.04. The number of nitrogens with zero attached hydrogens (tertiary/aromatic N) is 2. The highest BCUT2D eigenvalue weighted by Gasteiger charge is 2.12. The number of rotatable bonds is 5. The Hall–Kier alpha value is -3.15. The van der Waals surface area contributed by atoms with Crippen molar-refractivity contribution in [1.82, 2.24) is 20.1 Å². The van der Waals surface area contributed by atoms with Gasteiger partial charge in [-0.2, -0.15) is 5.10 Å². The monoisotopic (exact) mass is 336 g/mol. The first-order valence-corrected chi connectivity index (χ1v) is 8.06. The summed E-state index contributed by atoms with van der Waals surface area (Å²) in [4.78, 5) is 24.4. The lowest BCUT2D eigenvalue weighted by Gasteiger charge is -2.07. The molecule has 2 heterocycles. The Labute approximate surface area is 145 Å². The number of aromatic nitrogens is 3. The van der Waals surface area contributed by atoms with Crippen LogP contribution < -0.4 is 10.9 Å². The molecule has 0 aliphatic carbocycles. The molecule has 0 atom stereocenters. The first-order valence-electron chi connectivity index (χ1n) is 8.06. The number of aryl methyl sites for hydroxylation is 1. The fraction of sp³-hybridized carbons (Fsp3) is 0.211. The molecule has 128 valence electrons. The highest BCUT2D eigenvalue weighted by Crippen LogP contribution is 2.08. The minimum absolute atomic E-state index is 0.105. The number of amides is 1. The normalized spacial score (nSPS) is 10.6. The van der Waals surface area contributed by atoms with Gasteiger partial charge in [0, 0.05) is 37.0 Å². The Balaban J connectivity index is 1.64. The van der Waals surface area contributed by atoms with E-state index in [-0.39, 0.29) is 18.0 Å². The van der Waals surface area contributed by atoms with Crippen molar-refractivity contribution < 1.29 is 4.79 Å². The van der Waals surface area contributed by atoms with Gasteiger partial charge in [0.05, 0.1) is 0 Å². The first kappa shape index (κ1) is 16.7. The zero-order chi connectivity index (χ0) is 17.8. The molecule has 6 heteroatoms. The lowest BCUT2D eigenvalue weighted by atomic mass is 10.1. The van der Waals surface area contributed by atoms with Crippen molar-refractivity contribution in [2.75, 3.05) is 0 Å². The molecular formula is C19H20N4O2. The van der Waals surface area contributed by atoms with E-state index in [1.54, 1.807) is 23.7 Å². The standard InChI is InChI=1S/C19H20N4O2/c1-13-8-9-15(19(25)23(13)2)12-20-18(24)17-11-16(21-22-17)10-14-6-4-3-5-7-14/h3-9,11H,10,12H2,1-2H3,(H,20,24)(H,21,22). The van der Waals surface area contributed by atoms with Crippen LogP contribution in [-0.4, -0.2) is 20.7 Å². The second kappa shape index (κ2) is 7.17. The predicted octanol–water partition coefficient (Wildman–Crippen LogP) is 1.94. The maximum atomic E-state index is 12.2. The Morgan fingerprint density at radius 1 is 1.20 bits per heavy atom. The maximum absolute atomic E-state index is 12.2. The number of carbonyl (C=O) groups excluding carboxylic acids is 1. The molecule has 0 saturated carbocycles. The van der Waals surface area contributed by atoms with Crippen molar-refractivity contribution in [3.05, 3.63) is 87.1 Å². The van der Waals surface area contributed by atoms with Crippen LogP contribution in [-0.2, 0) is 20.0 Å². The van der Waals surface area contributed by atoms with Crippen LogP contribution in [0.15, 0.2) is 53.3 Å². The summed E-state index contributed by atoms with van der Waals surface area (Å²) in [5, 5.41) is 9.69. The lowest BCUT2D eigenvalue weighted by molar-refractivity contribution is 0.0945. The Morgan fingerprint density at radius 2 is 1.96 bits per heavy atom. The predicted molar refractivity (Wildman–Crippen MR) is 95.4 cm³/mol. The lowest BCUT2D eigenvalue weighted by Crippen LogP contribution is -2.29. The topological polar surface area (TPSA) is 79.8 Å². The highest BCUT2D eigenvalue weighted by atomic mass is 16.2. The van der Waals surface area contributed by atoms with Gasteiger partial charge in [-0.25, -0.2) is 0 Å². The third-order valence-electron chi connectivity index (χ3n) is 4.17. The van der Waals surface area contributed by atoms with Crippen molar-refractivity contribution >= 4 is 5.91 Å². The smallest absolute Gasteiger partial charge is 0.272 e. The zero-order valence-electron chi connectivity index (χ0n) is 14.2. The Kier molecular flexibility index (Phi) is 4.79. The van der Waals surface area contributed by atoms with Gasteiger partial charge in [-0.3, -0.25) is 14.7 Å². The summed E-state index contributed by atoms with van der Waals surface area (Å²) < 4.78 is 1.56. The van der Waals surface area contributed by atoms with Crippen molar-refractivity contribution in [1.29, 1.82) is 0 Å². The fourth-order valence-corrected chi connectivity index (χ4v) is 2.56. The number of hydrogen-bond acceptors (Lipinski definition) is 3. The third kappa shape index (κ3) is 3.85. The van der Waals surface area contributed by atoms with E-state index in [0.717, 1.165) is 17.0 Å². The van der Waals surface area contributed by atoms with E-state index in [1.165, 1.54) is 0 Å². The number of carbonyl (C=O) groups is 1. The van der Waals surface area contributed by atoms with E-state index in [4.69, 9.17) is 0 Å². The van der Waals surface area contributed by atoms with Crippen LogP contribution in [0.5, 0.6) is 0 Å². The van der Waals surface area contributed by atoms with Gasteiger partial charge in [-0.1, -0.05) is 36.4 Å². The van der Waals surface area contributed by atoms with Gasteiger partial charge in [-0.05, 0) is 24.6 Å². The largest absolute Gasteiger partial charge is 0.346 e. The molecule has 0 radical (unpaired) electrons. The van der Waals surface area contributed by atoms with E-state index in [0.29, 0.717) is 17.7 Å². The van der Waals surface area contributed by atoms with Crippen LogP contribution in [0.25, 0.3) is 0 Å². The molecule has 3 rings (SSSR count). The minimum Gasteiger partial charge on any atom is -0.346 e. The molecule has 1 amide bonds. The molecule has 2 N–H and O–H groups in total. The number of benzene rings is 1. The summed E-state index contributed by atoms with van der Waals surface area (Å²) in [5.41, 5.74) is 3.63. The van der Waals surface area contributed by atoms with Crippen LogP contribution >= 0.6 is 0 Å². The summed E-state index contributed by atoms with van der Waals surface area (Å²) in [6.07, 6.45) is 0.680. The van der Waals surface area contributed by atoms with Crippen LogP contribution in [0.4, 0.5) is 0 Å². The van der Waals surface area contributed by atoms with Crippen molar-refractivity contribution in [3.8, 4) is 0 Å². The van der Waals surface area contributed by atoms with Gasteiger partial charge in [0.15, 0.2) is 0 Å². The molecule has 0 aliphatic heterocycles. The van der Waals surface area contributed by atoms with Gasteiger partial charge >= 0.3 is 0 Å². The van der Waals surface area contributed by atoms with E-state index in [9.17, 15) is 9.59 Å². The zero-order valence-corrected chi connectivity index (χ0v) is 14.2. The van der Waals surface area contributed by atoms with Crippen molar-refractivity contribution in [2.24, 2.45) is 7.05 Å². The number of nitrogens with one attached hydrogen (secondary N) is 2. The molecule has 1 aromatic carbocycles. The van der Waals surface area contributed by atoms with Gasteiger partial charge in [0.25, 0.3) is 11.5 Å². The summed E-state index contributed by atoms with van der Waals surface area (Å²) >= 11 is 0. The molecule has 2 aromatic heterocycles. The number of pyridine rings is 1. The average Bonchev–Trinajstić information content (AvgIpc) is 3.08. The number of hydrogen-bond donors (Lipinski definition) is 2. The quantitative estimate of drug-likeness (QED) is 0.747. The van der Waals surface area contributed by atoms with Crippen LogP contribution in [0.2, 0.25) is 0 Å². The highest BCUT2D eigenvalue weighted by molar-refractivity contribution is 5.92. The van der Waals surface area contributed by atoms with E-state index in [2.05, 4.69) is 15.5 Å². The maximum Gasteiger partial charge on any atom is 0.272 e. The molecule has 0 aliphatic rings. The molecule has 25 heavy (non-hydrogen) atoms. The van der Waals surface area contributed by atoms with Crippen LogP contribution in [0.3, 0.4) is 0 Å². The second-order valence-corrected chi connectivity index (χ2v) is 5.99. The molecule has 0 unspecified atom stereocenters. The van der Waals surface area contributed by atoms with Crippen LogP contribution in [0.1, 0.15) is 33.0 Å². The molecule has 0 bridgehead atoms. The Bertz CT molecular complexity index is 942. The minimum atomic E-state index is -0.307. The van der Waals surface area contributed by atoms with Crippen molar-refractivity contribution in [3.63, 3.8) is 0 Å². The molecule has 3 aromatic rings. The molecular weight excluding hydrogens is 316 g/mol. The van der Waals surface area contributed by atoms with E-state index in [1.807, 2.05) is 43.3 Å².